The van der Waals surface area contributed by atoms with Gasteiger partial charge >= 0.3 is 0 Å². The topological polar surface area (TPSA) is 17.1 Å². The van der Waals surface area contributed by atoms with Crippen LogP contribution in [-0.4, -0.2) is 6.29 Å². The fraction of sp³-hybridized carbons (Fsp3) is 0.957. The lowest BCUT2D eigenvalue weighted by Gasteiger charge is -2.34. The first-order chi connectivity index (χ1) is 11.7. The molecule has 0 bridgehead atoms. The van der Waals surface area contributed by atoms with Gasteiger partial charge in [0.1, 0.15) is 6.29 Å². The van der Waals surface area contributed by atoms with Crippen molar-refractivity contribution in [3.8, 4) is 0 Å². The van der Waals surface area contributed by atoms with Gasteiger partial charge in [-0.05, 0) is 49.4 Å². The normalized spacial score (nSPS) is 34.2. The lowest BCUT2D eigenvalue weighted by Crippen LogP contribution is -2.24. The van der Waals surface area contributed by atoms with E-state index in [0.717, 1.165) is 24.2 Å². The fourth-order valence-electron chi connectivity index (χ4n) is 5.59. The van der Waals surface area contributed by atoms with E-state index < -0.39 is 0 Å². The number of hydrogen-bond donors (Lipinski definition) is 0. The lowest BCUT2D eigenvalue weighted by atomic mass is 9.71. The third kappa shape index (κ3) is 6.52. The van der Waals surface area contributed by atoms with Gasteiger partial charge in [0.2, 0.25) is 0 Å². The summed E-state index contributed by atoms with van der Waals surface area (Å²) in [5, 5.41) is 0. The summed E-state index contributed by atoms with van der Waals surface area (Å²) in [6, 6.07) is 0. The van der Waals surface area contributed by atoms with Crippen molar-refractivity contribution < 1.29 is 4.79 Å². The molecule has 0 spiro atoms. The van der Waals surface area contributed by atoms with Crippen LogP contribution in [0.25, 0.3) is 0 Å². The summed E-state index contributed by atoms with van der Waals surface area (Å²) >= 11 is 0. The predicted octanol–water partition coefficient (Wildman–Crippen LogP) is 7.18. The number of rotatable bonds is 10. The van der Waals surface area contributed by atoms with Crippen LogP contribution in [0.4, 0.5) is 0 Å². The maximum Gasteiger partial charge on any atom is 0.123 e. The highest BCUT2D eigenvalue weighted by atomic mass is 16.1. The molecule has 0 aliphatic heterocycles. The molecule has 2 aliphatic carbocycles. The van der Waals surface area contributed by atoms with Crippen LogP contribution in [0.1, 0.15) is 110 Å². The molecule has 140 valence electrons. The molecule has 1 heteroatoms. The first kappa shape index (κ1) is 20.0. The Balaban J connectivity index is 1.46. The fourth-order valence-corrected chi connectivity index (χ4v) is 5.59. The minimum atomic E-state index is 0.387. The summed E-state index contributed by atoms with van der Waals surface area (Å²) in [7, 11) is 0. The smallest absolute Gasteiger partial charge is 0.123 e. The molecule has 4 unspecified atom stereocenters. The van der Waals surface area contributed by atoms with E-state index in [0.29, 0.717) is 11.8 Å². The molecular weight excluding hydrogens is 292 g/mol. The Hall–Kier alpha value is -0.330. The SMILES string of the molecule is CC1CCCC(C)C1CCCCCCCCC1CCCCC1C=O. The van der Waals surface area contributed by atoms with Gasteiger partial charge in [-0.15, -0.1) is 0 Å². The molecule has 2 aliphatic rings. The molecule has 0 radical (unpaired) electrons. The highest BCUT2D eigenvalue weighted by molar-refractivity contribution is 5.54. The molecule has 2 rings (SSSR count). The number of hydrogen-bond acceptors (Lipinski definition) is 1. The quantitative estimate of drug-likeness (QED) is 0.305. The lowest BCUT2D eigenvalue weighted by molar-refractivity contribution is -0.113. The van der Waals surface area contributed by atoms with E-state index in [9.17, 15) is 4.79 Å². The maximum absolute atomic E-state index is 11.2. The van der Waals surface area contributed by atoms with Crippen molar-refractivity contribution in [1.29, 1.82) is 0 Å². The zero-order valence-corrected chi connectivity index (χ0v) is 16.5. The third-order valence-electron chi connectivity index (χ3n) is 7.29. The summed E-state index contributed by atoms with van der Waals surface area (Å²) in [6.45, 7) is 4.97. The molecule has 0 heterocycles. The second-order valence-corrected chi connectivity index (χ2v) is 9.09. The van der Waals surface area contributed by atoms with Gasteiger partial charge in [-0.25, -0.2) is 0 Å². The van der Waals surface area contributed by atoms with E-state index in [-0.39, 0.29) is 0 Å². The van der Waals surface area contributed by atoms with Crippen LogP contribution < -0.4 is 0 Å². The molecule has 24 heavy (non-hydrogen) atoms. The molecule has 0 aromatic carbocycles. The van der Waals surface area contributed by atoms with Gasteiger partial charge in [0.15, 0.2) is 0 Å². The van der Waals surface area contributed by atoms with Crippen molar-refractivity contribution in [3.05, 3.63) is 0 Å². The number of carbonyl (C=O) groups is 1. The Morgan fingerprint density at radius 2 is 1.29 bits per heavy atom. The molecule has 0 aromatic rings. The average Bonchev–Trinajstić information content (AvgIpc) is 2.59. The van der Waals surface area contributed by atoms with E-state index in [1.165, 1.54) is 96.2 Å². The average molecular weight is 335 g/mol. The first-order valence-electron chi connectivity index (χ1n) is 11.2. The van der Waals surface area contributed by atoms with Gasteiger partial charge in [0.05, 0.1) is 0 Å². The highest BCUT2D eigenvalue weighted by Gasteiger charge is 2.27. The van der Waals surface area contributed by atoms with Gasteiger partial charge in [-0.2, -0.15) is 0 Å². The van der Waals surface area contributed by atoms with Crippen LogP contribution in [0, 0.1) is 29.6 Å². The predicted molar refractivity (Wildman–Crippen MR) is 104 cm³/mol. The molecule has 0 N–H and O–H groups in total. The van der Waals surface area contributed by atoms with E-state index in [1.54, 1.807) is 0 Å². The Bertz CT molecular complexity index is 327. The molecule has 1 nitrogen and oxygen atoms in total. The monoisotopic (exact) mass is 334 g/mol. The van der Waals surface area contributed by atoms with Crippen molar-refractivity contribution in [2.24, 2.45) is 29.6 Å². The zero-order chi connectivity index (χ0) is 17.2. The standard InChI is InChI=1S/C23H42O/c1-19-12-11-13-20(2)23(19)17-8-6-4-3-5-7-14-21-15-9-10-16-22(21)18-24/h18-23H,3-17H2,1-2H3. The van der Waals surface area contributed by atoms with Crippen LogP contribution >= 0.6 is 0 Å². The first-order valence-corrected chi connectivity index (χ1v) is 11.2. The second-order valence-electron chi connectivity index (χ2n) is 9.09. The van der Waals surface area contributed by atoms with Crippen molar-refractivity contribution in [2.75, 3.05) is 0 Å². The van der Waals surface area contributed by atoms with Crippen molar-refractivity contribution in [2.45, 2.75) is 110 Å². The second kappa shape index (κ2) is 11.3. The molecule has 2 fully saturated rings. The maximum atomic E-state index is 11.2. The van der Waals surface area contributed by atoms with Crippen LogP contribution in [0.2, 0.25) is 0 Å². The molecule has 0 aromatic heterocycles. The molecule has 4 atom stereocenters. The molecule has 2 saturated carbocycles. The Morgan fingerprint density at radius 3 is 1.96 bits per heavy atom. The largest absolute Gasteiger partial charge is 0.303 e. The van der Waals surface area contributed by atoms with Crippen molar-refractivity contribution in [1.82, 2.24) is 0 Å². The summed E-state index contributed by atoms with van der Waals surface area (Å²) in [5.74, 6) is 4.04. The summed E-state index contributed by atoms with van der Waals surface area (Å²) in [5.41, 5.74) is 0. The van der Waals surface area contributed by atoms with E-state index in [1.807, 2.05) is 0 Å². The Kier molecular flexibility index (Phi) is 9.43. The number of carbonyl (C=O) groups excluding carboxylic acids is 1. The minimum absolute atomic E-state index is 0.387. The number of unbranched alkanes of at least 4 members (excludes halogenated alkanes) is 5. The van der Waals surface area contributed by atoms with Crippen LogP contribution in [0.15, 0.2) is 0 Å². The minimum Gasteiger partial charge on any atom is -0.303 e. The van der Waals surface area contributed by atoms with E-state index >= 15 is 0 Å². The summed E-state index contributed by atoms with van der Waals surface area (Å²) in [6.07, 6.45) is 22.0. The van der Waals surface area contributed by atoms with Crippen LogP contribution in [-0.2, 0) is 4.79 Å². The van der Waals surface area contributed by atoms with Gasteiger partial charge < -0.3 is 4.79 Å². The van der Waals surface area contributed by atoms with Gasteiger partial charge in [0.25, 0.3) is 0 Å². The van der Waals surface area contributed by atoms with Crippen molar-refractivity contribution in [3.63, 3.8) is 0 Å². The van der Waals surface area contributed by atoms with E-state index in [2.05, 4.69) is 13.8 Å². The Morgan fingerprint density at radius 1 is 0.708 bits per heavy atom. The molecule has 0 saturated heterocycles. The summed E-state index contributed by atoms with van der Waals surface area (Å²) in [4.78, 5) is 11.2. The molecule has 0 amide bonds. The van der Waals surface area contributed by atoms with Crippen molar-refractivity contribution >= 4 is 6.29 Å². The van der Waals surface area contributed by atoms with Crippen LogP contribution in [0.3, 0.4) is 0 Å². The Labute approximate surface area is 151 Å². The molecular formula is C23H42O. The zero-order valence-electron chi connectivity index (χ0n) is 16.5. The summed E-state index contributed by atoms with van der Waals surface area (Å²) < 4.78 is 0. The van der Waals surface area contributed by atoms with E-state index in [4.69, 9.17) is 0 Å². The van der Waals surface area contributed by atoms with Crippen LogP contribution in [0.5, 0.6) is 0 Å². The highest BCUT2D eigenvalue weighted by Crippen LogP contribution is 2.37. The van der Waals surface area contributed by atoms with Gasteiger partial charge in [-0.1, -0.05) is 84.5 Å². The van der Waals surface area contributed by atoms with Gasteiger partial charge in [-0.3, -0.25) is 0 Å². The third-order valence-corrected chi connectivity index (χ3v) is 7.29. The van der Waals surface area contributed by atoms with Gasteiger partial charge in [0, 0.05) is 5.92 Å². The number of aldehydes is 1.